The van der Waals surface area contributed by atoms with Crippen LogP contribution >= 0.6 is 0 Å². The van der Waals surface area contributed by atoms with Gasteiger partial charge in [-0.15, -0.1) is 0 Å². The Kier molecular flexibility index (Phi) is 8.41. The number of hydrogen-bond donors (Lipinski definition) is 0. The Labute approximate surface area is 340 Å². The van der Waals surface area contributed by atoms with E-state index in [0.717, 1.165) is 0 Å². The number of rotatable bonds is 6. The van der Waals surface area contributed by atoms with E-state index in [9.17, 15) is 0 Å². The Balaban J connectivity index is 1.15. The molecule has 0 heterocycles. The fourth-order valence-electron chi connectivity index (χ4n) is 9.63. The maximum atomic E-state index is 2.51. The average molecular weight is 737 g/mol. The molecule has 0 bridgehead atoms. The summed E-state index contributed by atoms with van der Waals surface area (Å²) in [5.74, 6) is 0.357. The van der Waals surface area contributed by atoms with Crippen molar-refractivity contribution in [3.8, 4) is 44.5 Å². The van der Waals surface area contributed by atoms with Gasteiger partial charge in [-0.25, -0.2) is 0 Å². The first-order chi connectivity index (χ1) is 28.8. The van der Waals surface area contributed by atoms with Crippen LogP contribution in [-0.2, 0) is 0 Å². The first-order valence-electron chi connectivity index (χ1n) is 20.3. The van der Waals surface area contributed by atoms with Crippen molar-refractivity contribution < 1.29 is 0 Å². The van der Waals surface area contributed by atoms with Crippen molar-refractivity contribution >= 4 is 27.1 Å². The van der Waals surface area contributed by atoms with Gasteiger partial charge in [0.15, 0.2) is 0 Å². The van der Waals surface area contributed by atoms with Crippen LogP contribution < -0.4 is 0 Å². The van der Waals surface area contributed by atoms with Crippen molar-refractivity contribution in [2.24, 2.45) is 5.92 Å². The molecule has 9 aromatic carbocycles. The van der Waals surface area contributed by atoms with Gasteiger partial charge in [0.25, 0.3) is 0 Å². The topological polar surface area (TPSA) is 0 Å². The SMILES string of the molecule is C1=CC2=C(c3ccccc3)c3ccccc3C(c3ccc4ccc(-c5ccccc5-c5ccccc5)c(-c5cccc(-c6ccc7ccccc7c6)c5)c4c3)C2C=C1. The number of benzene rings is 9. The van der Waals surface area contributed by atoms with Gasteiger partial charge in [0.2, 0.25) is 0 Å². The summed E-state index contributed by atoms with van der Waals surface area (Å²) < 4.78 is 0. The smallest absolute Gasteiger partial charge is 0.0199 e. The molecule has 9 aromatic rings. The fraction of sp³-hybridized carbons (Fsp3) is 0.0345. The third-order valence-corrected chi connectivity index (χ3v) is 12.3. The molecular weight excluding hydrogens is 697 g/mol. The van der Waals surface area contributed by atoms with E-state index in [1.165, 1.54) is 99.5 Å². The molecule has 0 radical (unpaired) electrons. The zero-order valence-corrected chi connectivity index (χ0v) is 32.1. The first kappa shape index (κ1) is 34.0. The maximum absolute atomic E-state index is 2.51. The summed E-state index contributed by atoms with van der Waals surface area (Å²) in [6, 6.07) is 76.3. The van der Waals surface area contributed by atoms with E-state index >= 15 is 0 Å². The largest absolute Gasteiger partial charge is 0.0760 e. The molecule has 2 aliphatic carbocycles. The van der Waals surface area contributed by atoms with Gasteiger partial charge in [-0.3, -0.25) is 0 Å². The first-order valence-corrected chi connectivity index (χ1v) is 20.3. The molecule has 2 aliphatic rings. The number of allylic oxidation sites excluding steroid dienone is 5. The molecule has 0 saturated carbocycles. The van der Waals surface area contributed by atoms with Crippen LogP contribution in [0.3, 0.4) is 0 Å². The van der Waals surface area contributed by atoms with Crippen LogP contribution in [0.4, 0.5) is 0 Å². The van der Waals surface area contributed by atoms with Crippen molar-refractivity contribution in [3.05, 3.63) is 258 Å². The van der Waals surface area contributed by atoms with Crippen molar-refractivity contribution in [2.45, 2.75) is 5.92 Å². The molecule has 0 spiro atoms. The van der Waals surface area contributed by atoms with Gasteiger partial charge in [0.1, 0.15) is 0 Å². The van der Waals surface area contributed by atoms with Crippen LogP contribution in [0.15, 0.2) is 236 Å². The van der Waals surface area contributed by atoms with Gasteiger partial charge in [0.05, 0.1) is 0 Å². The molecule has 0 heteroatoms. The van der Waals surface area contributed by atoms with Gasteiger partial charge < -0.3 is 0 Å². The zero-order valence-electron chi connectivity index (χ0n) is 32.1. The van der Waals surface area contributed by atoms with Gasteiger partial charge in [-0.2, -0.15) is 0 Å². The van der Waals surface area contributed by atoms with Crippen molar-refractivity contribution in [1.82, 2.24) is 0 Å². The van der Waals surface area contributed by atoms with E-state index in [2.05, 4.69) is 231 Å². The predicted molar refractivity (Wildman–Crippen MR) is 246 cm³/mol. The van der Waals surface area contributed by atoms with E-state index in [-0.39, 0.29) is 11.8 Å². The zero-order chi connectivity index (χ0) is 38.4. The normalized spacial score (nSPS) is 15.7. The van der Waals surface area contributed by atoms with Gasteiger partial charge in [-0.05, 0) is 118 Å². The summed E-state index contributed by atoms with van der Waals surface area (Å²) in [5.41, 5.74) is 17.8. The summed E-state index contributed by atoms with van der Waals surface area (Å²) in [6.45, 7) is 0. The molecule has 0 fully saturated rings. The molecule has 272 valence electrons. The Morgan fingerprint density at radius 3 is 1.83 bits per heavy atom. The van der Waals surface area contributed by atoms with Crippen LogP contribution in [0.5, 0.6) is 0 Å². The molecule has 0 aliphatic heterocycles. The number of hydrogen-bond acceptors (Lipinski definition) is 0. The van der Waals surface area contributed by atoms with Gasteiger partial charge in [-0.1, -0.05) is 212 Å². The lowest BCUT2D eigenvalue weighted by Gasteiger charge is -2.37. The summed E-state index contributed by atoms with van der Waals surface area (Å²) in [7, 11) is 0. The summed E-state index contributed by atoms with van der Waals surface area (Å²) in [6.07, 6.45) is 9.21. The molecule has 0 aromatic heterocycles. The van der Waals surface area contributed by atoms with Crippen LogP contribution in [0.2, 0.25) is 0 Å². The summed E-state index contributed by atoms with van der Waals surface area (Å²) in [5, 5.41) is 5.01. The van der Waals surface area contributed by atoms with E-state index < -0.39 is 0 Å². The van der Waals surface area contributed by atoms with Crippen LogP contribution in [0.1, 0.15) is 28.2 Å². The highest BCUT2D eigenvalue weighted by Gasteiger charge is 2.35. The summed E-state index contributed by atoms with van der Waals surface area (Å²) in [4.78, 5) is 0. The molecule has 0 amide bonds. The highest BCUT2D eigenvalue weighted by atomic mass is 14.4. The lowest BCUT2D eigenvalue weighted by Crippen LogP contribution is -2.22. The molecule has 0 saturated heterocycles. The van der Waals surface area contributed by atoms with Gasteiger partial charge in [0, 0.05) is 11.8 Å². The molecule has 0 N–H and O–H groups in total. The van der Waals surface area contributed by atoms with Gasteiger partial charge >= 0.3 is 0 Å². The Hall–Kier alpha value is -7.28. The lowest BCUT2D eigenvalue weighted by molar-refractivity contribution is 0.649. The second-order valence-corrected chi connectivity index (χ2v) is 15.6. The fourth-order valence-corrected chi connectivity index (χ4v) is 9.63. The molecule has 2 atom stereocenters. The minimum atomic E-state index is 0.154. The second kappa shape index (κ2) is 14.3. The quantitative estimate of drug-likeness (QED) is 0.159. The van der Waals surface area contributed by atoms with Crippen molar-refractivity contribution in [2.75, 3.05) is 0 Å². The monoisotopic (exact) mass is 736 g/mol. The number of fused-ring (bicyclic) bond motifs is 4. The third kappa shape index (κ3) is 5.85. The highest BCUT2D eigenvalue weighted by molar-refractivity contribution is 6.07. The molecule has 0 nitrogen and oxygen atoms in total. The summed E-state index contributed by atoms with van der Waals surface area (Å²) >= 11 is 0. The van der Waals surface area contributed by atoms with E-state index in [4.69, 9.17) is 0 Å². The standard InChI is InChI=1S/C58H40/c1-3-17-40(18-4-1)48-24-9-10-25-49(48)54-35-34-41-31-33-47(38-55(41)58(54)46-23-15-22-44(37-46)45-32-30-39-16-7-8-21-43(39)36-45)57-52-28-13-11-26-50(52)56(42-19-5-2-6-20-42)51-27-12-14-29-53(51)57/h1-38,52,57H. The second-order valence-electron chi connectivity index (χ2n) is 15.6. The van der Waals surface area contributed by atoms with E-state index in [0.29, 0.717) is 0 Å². The molecular formula is C58H40. The Morgan fingerprint density at radius 1 is 0.345 bits per heavy atom. The lowest BCUT2D eigenvalue weighted by atomic mass is 9.66. The molecule has 11 rings (SSSR count). The van der Waals surface area contributed by atoms with Crippen LogP contribution in [-0.4, -0.2) is 0 Å². The molecule has 58 heavy (non-hydrogen) atoms. The van der Waals surface area contributed by atoms with Crippen LogP contribution in [0.25, 0.3) is 71.6 Å². The predicted octanol–water partition coefficient (Wildman–Crippen LogP) is 15.4. The minimum Gasteiger partial charge on any atom is -0.0760 e. The van der Waals surface area contributed by atoms with Crippen LogP contribution in [0, 0.1) is 5.92 Å². The molecule has 2 unspecified atom stereocenters. The minimum absolute atomic E-state index is 0.154. The van der Waals surface area contributed by atoms with Crippen molar-refractivity contribution in [3.63, 3.8) is 0 Å². The van der Waals surface area contributed by atoms with Crippen molar-refractivity contribution in [1.29, 1.82) is 0 Å². The third-order valence-electron chi connectivity index (χ3n) is 12.3. The average Bonchev–Trinajstić information content (AvgIpc) is 3.30. The maximum Gasteiger partial charge on any atom is 0.0199 e. The highest BCUT2D eigenvalue weighted by Crippen LogP contribution is 2.51. The van der Waals surface area contributed by atoms with E-state index in [1.54, 1.807) is 0 Å². The Morgan fingerprint density at radius 2 is 0.983 bits per heavy atom. The van der Waals surface area contributed by atoms with E-state index in [1.807, 2.05) is 0 Å². The Bertz CT molecular complexity index is 3100.